The fourth-order valence-electron chi connectivity index (χ4n) is 2.76. The van der Waals surface area contributed by atoms with E-state index in [0.717, 1.165) is 44.1 Å². The summed E-state index contributed by atoms with van der Waals surface area (Å²) in [5.41, 5.74) is 0. The predicted octanol–water partition coefficient (Wildman–Crippen LogP) is 1.30. The number of anilines is 1. The largest absolute Gasteiger partial charge is 0.353 e. The van der Waals surface area contributed by atoms with E-state index in [1.807, 2.05) is 4.90 Å². The van der Waals surface area contributed by atoms with Gasteiger partial charge in [-0.25, -0.2) is 14.8 Å². The summed E-state index contributed by atoms with van der Waals surface area (Å²) < 4.78 is 0. The Morgan fingerprint density at radius 1 is 1.45 bits per heavy atom. The second kappa shape index (κ2) is 5.44. The highest BCUT2D eigenvalue weighted by Crippen LogP contribution is 2.22. The first-order valence-corrected chi connectivity index (χ1v) is 7.38. The summed E-state index contributed by atoms with van der Waals surface area (Å²) in [4.78, 5) is 24.5. The van der Waals surface area contributed by atoms with E-state index in [2.05, 4.69) is 27.1 Å². The highest BCUT2D eigenvalue weighted by Gasteiger charge is 2.35. The Labute approximate surface area is 123 Å². The molecule has 0 aromatic carbocycles. The second-order valence-electron chi connectivity index (χ2n) is 5.19. The lowest BCUT2D eigenvalue weighted by Gasteiger charge is -2.37. The number of aryl methyl sites for hydroxylation is 1. The molecule has 2 saturated heterocycles. The van der Waals surface area contributed by atoms with Crippen molar-refractivity contribution < 1.29 is 4.79 Å². The Kier molecular flexibility index (Phi) is 3.65. The maximum absolute atomic E-state index is 11.6. The van der Waals surface area contributed by atoms with Crippen LogP contribution in [0.3, 0.4) is 0 Å². The molecule has 1 aromatic rings. The molecule has 0 radical (unpaired) electrons. The third-order valence-electron chi connectivity index (χ3n) is 3.76. The van der Waals surface area contributed by atoms with Gasteiger partial charge >= 0.3 is 6.03 Å². The molecule has 2 amide bonds. The van der Waals surface area contributed by atoms with Crippen molar-refractivity contribution in [2.75, 3.05) is 31.1 Å². The summed E-state index contributed by atoms with van der Waals surface area (Å²) in [6.07, 6.45) is 1.83. The molecule has 0 aliphatic carbocycles. The molecule has 1 unspecified atom stereocenters. The van der Waals surface area contributed by atoms with E-state index in [1.54, 1.807) is 6.07 Å². The molecular weight excluding hydrogens is 278 g/mol. The molecule has 1 atom stereocenters. The van der Waals surface area contributed by atoms with E-state index in [4.69, 9.17) is 11.6 Å². The number of nitrogens with zero attached hydrogens (tertiary/aromatic N) is 4. The molecule has 0 saturated carbocycles. The molecular formula is C13H18ClN5O. The van der Waals surface area contributed by atoms with Gasteiger partial charge in [-0.3, -0.25) is 0 Å². The van der Waals surface area contributed by atoms with Crippen LogP contribution in [0.4, 0.5) is 10.6 Å². The van der Waals surface area contributed by atoms with Gasteiger partial charge in [-0.05, 0) is 6.42 Å². The Morgan fingerprint density at radius 3 is 3.10 bits per heavy atom. The minimum absolute atomic E-state index is 0.0436. The van der Waals surface area contributed by atoms with E-state index < -0.39 is 0 Å². The van der Waals surface area contributed by atoms with Crippen LogP contribution in [0, 0.1) is 0 Å². The standard InChI is InChI=1S/C13H18ClN5O/c1-2-3-11-16-10(14)6-12(17-11)18-4-5-19-9(8-18)7-15-13(19)20/h6,9H,2-5,7-8H2,1H3,(H,15,20). The summed E-state index contributed by atoms with van der Waals surface area (Å²) in [5, 5.41) is 3.37. The van der Waals surface area contributed by atoms with Crippen LogP contribution >= 0.6 is 11.6 Å². The fourth-order valence-corrected chi connectivity index (χ4v) is 2.96. The number of amides is 2. The van der Waals surface area contributed by atoms with Crippen molar-refractivity contribution in [3.8, 4) is 0 Å². The van der Waals surface area contributed by atoms with Gasteiger partial charge in [0.15, 0.2) is 0 Å². The number of urea groups is 1. The van der Waals surface area contributed by atoms with Crippen LogP contribution in [0.1, 0.15) is 19.2 Å². The molecule has 1 aromatic heterocycles. The minimum Gasteiger partial charge on any atom is -0.353 e. The topological polar surface area (TPSA) is 61.4 Å². The quantitative estimate of drug-likeness (QED) is 0.854. The highest BCUT2D eigenvalue weighted by atomic mass is 35.5. The molecule has 20 heavy (non-hydrogen) atoms. The summed E-state index contributed by atoms with van der Waals surface area (Å²) in [5.74, 6) is 1.66. The average molecular weight is 296 g/mol. The van der Waals surface area contributed by atoms with Crippen molar-refractivity contribution in [2.24, 2.45) is 0 Å². The van der Waals surface area contributed by atoms with Crippen molar-refractivity contribution in [3.05, 3.63) is 17.0 Å². The van der Waals surface area contributed by atoms with Crippen LogP contribution in [-0.4, -0.2) is 53.1 Å². The van der Waals surface area contributed by atoms with Crippen LogP contribution in [0.25, 0.3) is 0 Å². The van der Waals surface area contributed by atoms with Gasteiger partial charge in [0.05, 0.1) is 6.04 Å². The van der Waals surface area contributed by atoms with E-state index in [0.29, 0.717) is 11.7 Å². The summed E-state index contributed by atoms with van der Waals surface area (Å²) in [6.45, 7) is 5.09. The van der Waals surface area contributed by atoms with Gasteiger partial charge in [-0.2, -0.15) is 0 Å². The number of halogens is 1. The third-order valence-corrected chi connectivity index (χ3v) is 3.95. The zero-order valence-electron chi connectivity index (χ0n) is 11.5. The van der Waals surface area contributed by atoms with Crippen molar-refractivity contribution in [3.63, 3.8) is 0 Å². The van der Waals surface area contributed by atoms with Gasteiger partial charge in [0.1, 0.15) is 16.8 Å². The molecule has 2 aliphatic rings. The SMILES string of the molecule is CCCc1nc(Cl)cc(N2CCN3C(=O)NCC3C2)n1. The van der Waals surface area contributed by atoms with Crippen LogP contribution in [0.2, 0.25) is 5.15 Å². The Bertz CT molecular complexity index is 523. The van der Waals surface area contributed by atoms with Gasteiger partial charge < -0.3 is 15.1 Å². The molecule has 3 heterocycles. The number of piperazine rings is 1. The molecule has 2 fully saturated rings. The van der Waals surface area contributed by atoms with Crippen LogP contribution < -0.4 is 10.2 Å². The van der Waals surface area contributed by atoms with Gasteiger partial charge in [-0.1, -0.05) is 18.5 Å². The normalized spacial score (nSPS) is 21.9. The van der Waals surface area contributed by atoms with E-state index in [-0.39, 0.29) is 12.1 Å². The molecule has 7 heteroatoms. The number of hydrogen-bond acceptors (Lipinski definition) is 4. The first-order chi connectivity index (χ1) is 9.67. The zero-order valence-corrected chi connectivity index (χ0v) is 12.2. The number of hydrogen-bond donors (Lipinski definition) is 1. The molecule has 108 valence electrons. The van der Waals surface area contributed by atoms with E-state index in [9.17, 15) is 4.79 Å². The molecule has 6 nitrogen and oxygen atoms in total. The summed E-state index contributed by atoms with van der Waals surface area (Å²) >= 11 is 6.08. The Hall–Kier alpha value is -1.56. The lowest BCUT2D eigenvalue weighted by Crippen LogP contribution is -2.52. The molecule has 2 aliphatic heterocycles. The number of rotatable bonds is 3. The average Bonchev–Trinajstić information content (AvgIpc) is 2.80. The van der Waals surface area contributed by atoms with Crippen molar-refractivity contribution in [1.29, 1.82) is 0 Å². The molecule has 1 N–H and O–H groups in total. The summed E-state index contributed by atoms with van der Waals surface area (Å²) in [6, 6.07) is 2.07. The highest BCUT2D eigenvalue weighted by molar-refractivity contribution is 6.29. The van der Waals surface area contributed by atoms with Crippen molar-refractivity contribution in [2.45, 2.75) is 25.8 Å². The number of aromatic nitrogens is 2. The number of carbonyl (C=O) groups excluding carboxylic acids is 1. The van der Waals surface area contributed by atoms with Gasteiger partial charge in [0.2, 0.25) is 0 Å². The maximum atomic E-state index is 11.6. The van der Waals surface area contributed by atoms with Gasteiger partial charge in [0.25, 0.3) is 0 Å². The van der Waals surface area contributed by atoms with E-state index in [1.165, 1.54) is 0 Å². The molecule has 0 spiro atoms. The van der Waals surface area contributed by atoms with Gasteiger partial charge in [-0.15, -0.1) is 0 Å². The number of carbonyl (C=O) groups is 1. The Balaban J connectivity index is 1.78. The summed E-state index contributed by atoms with van der Waals surface area (Å²) in [7, 11) is 0. The second-order valence-corrected chi connectivity index (χ2v) is 5.58. The fraction of sp³-hybridized carbons (Fsp3) is 0.615. The monoisotopic (exact) mass is 295 g/mol. The van der Waals surface area contributed by atoms with Crippen molar-refractivity contribution in [1.82, 2.24) is 20.2 Å². The third kappa shape index (κ3) is 2.52. The van der Waals surface area contributed by atoms with Crippen LogP contribution in [0.15, 0.2) is 6.07 Å². The first kappa shape index (κ1) is 13.4. The lowest BCUT2D eigenvalue weighted by molar-refractivity contribution is 0.197. The lowest BCUT2D eigenvalue weighted by atomic mass is 10.2. The van der Waals surface area contributed by atoms with Gasteiger partial charge in [0, 0.05) is 38.7 Å². The van der Waals surface area contributed by atoms with E-state index >= 15 is 0 Å². The predicted molar refractivity (Wildman–Crippen MR) is 77.1 cm³/mol. The maximum Gasteiger partial charge on any atom is 0.317 e. The zero-order chi connectivity index (χ0) is 14.1. The number of fused-ring (bicyclic) bond motifs is 1. The number of nitrogens with one attached hydrogen (secondary N) is 1. The smallest absolute Gasteiger partial charge is 0.317 e. The van der Waals surface area contributed by atoms with Crippen LogP contribution in [-0.2, 0) is 6.42 Å². The minimum atomic E-state index is 0.0436. The van der Waals surface area contributed by atoms with Crippen LogP contribution in [0.5, 0.6) is 0 Å². The molecule has 3 rings (SSSR count). The first-order valence-electron chi connectivity index (χ1n) is 7.00. The Morgan fingerprint density at radius 2 is 2.30 bits per heavy atom. The molecule has 0 bridgehead atoms. The van der Waals surface area contributed by atoms with Crippen molar-refractivity contribution >= 4 is 23.4 Å².